The zero-order chi connectivity index (χ0) is 15.7. The number of hydrogen-bond donors (Lipinski definition) is 2. The Kier molecular flexibility index (Phi) is 3.67. The monoisotopic (exact) mass is 295 g/mol. The minimum Gasteiger partial charge on any atom is -0.481 e. The summed E-state index contributed by atoms with van der Waals surface area (Å²) in [6.07, 6.45) is 5.35. The van der Waals surface area contributed by atoms with Crippen LogP contribution in [0.25, 0.3) is 5.57 Å². The molecule has 4 nitrogen and oxygen atoms in total. The van der Waals surface area contributed by atoms with Crippen LogP contribution in [0.5, 0.6) is 0 Å². The topological polar surface area (TPSA) is 66.4 Å². The lowest BCUT2D eigenvalue weighted by molar-refractivity contribution is -0.136. The van der Waals surface area contributed by atoms with Gasteiger partial charge in [0, 0.05) is 23.2 Å². The van der Waals surface area contributed by atoms with Gasteiger partial charge in [0.05, 0.1) is 0 Å². The lowest BCUT2D eigenvalue weighted by Gasteiger charge is -2.06. The van der Waals surface area contributed by atoms with Crippen LogP contribution in [0.4, 0.5) is 5.69 Å². The number of carbonyl (C=O) groups is 2. The third kappa shape index (κ3) is 2.60. The van der Waals surface area contributed by atoms with Crippen molar-refractivity contribution in [2.45, 2.75) is 26.2 Å². The average molecular weight is 295 g/mol. The molecule has 112 valence electrons. The van der Waals surface area contributed by atoms with Crippen molar-refractivity contribution in [1.29, 1.82) is 0 Å². The maximum Gasteiger partial charge on any atom is 0.303 e. The normalized spacial score (nSPS) is 18.5. The van der Waals surface area contributed by atoms with E-state index in [4.69, 9.17) is 5.11 Å². The van der Waals surface area contributed by atoms with Gasteiger partial charge in [-0.25, -0.2) is 0 Å². The first-order chi connectivity index (χ1) is 10.6. The number of anilines is 1. The van der Waals surface area contributed by atoms with E-state index in [1.165, 1.54) is 0 Å². The Labute approximate surface area is 128 Å². The lowest BCUT2D eigenvalue weighted by Crippen LogP contribution is -2.04. The molecule has 1 aliphatic carbocycles. The van der Waals surface area contributed by atoms with Crippen molar-refractivity contribution in [2.24, 2.45) is 0 Å². The van der Waals surface area contributed by atoms with Gasteiger partial charge in [0.1, 0.15) is 0 Å². The summed E-state index contributed by atoms with van der Waals surface area (Å²) in [5.74, 6) is -0.904. The van der Waals surface area contributed by atoms with Crippen LogP contribution in [0, 0.1) is 0 Å². The van der Waals surface area contributed by atoms with Crippen LogP contribution in [-0.4, -0.2) is 17.0 Å². The fraction of sp³-hybridized carbons (Fsp3) is 0.222. The third-order valence-corrected chi connectivity index (χ3v) is 4.11. The van der Waals surface area contributed by atoms with Gasteiger partial charge in [0.15, 0.2) is 0 Å². The second-order valence-electron chi connectivity index (χ2n) is 5.55. The largest absolute Gasteiger partial charge is 0.481 e. The number of hydrogen-bond acceptors (Lipinski definition) is 2. The van der Waals surface area contributed by atoms with E-state index in [1.807, 2.05) is 37.3 Å². The van der Waals surface area contributed by atoms with Gasteiger partial charge in [0.25, 0.3) is 5.91 Å². The third-order valence-electron chi connectivity index (χ3n) is 4.11. The standard InChI is InChI=1S/C18H17NO3/c1-11-6-7-12(13(11)8-9-17(20)21)10-15-14-4-2-3-5-16(14)19-18(15)22/h2-6,10H,7-9H2,1H3,(H,19,22)(H,20,21). The number of rotatable bonds is 4. The second-order valence-corrected chi connectivity index (χ2v) is 5.55. The van der Waals surface area contributed by atoms with Crippen molar-refractivity contribution in [3.8, 4) is 0 Å². The predicted molar refractivity (Wildman–Crippen MR) is 85.3 cm³/mol. The van der Waals surface area contributed by atoms with Gasteiger partial charge >= 0.3 is 5.97 Å². The molecule has 1 amide bonds. The van der Waals surface area contributed by atoms with Crippen molar-refractivity contribution in [2.75, 3.05) is 5.32 Å². The molecule has 0 bridgehead atoms. The summed E-state index contributed by atoms with van der Waals surface area (Å²) in [5, 5.41) is 11.7. The summed E-state index contributed by atoms with van der Waals surface area (Å²) >= 11 is 0. The van der Waals surface area contributed by atoms with E-state index in [-0.39, 0.29) is 12.3 Å². The number of benzene rings is 1. The summed E-state index contributed by atoms with van der Waals surface area (Å²) in [6.45, 7) is 1.99. The van der Waals surface area contributed by atoms with Gasteiger partial charge in [-0.1, -0.05) is 29.8 Å². The van der Waals surface area contributed by atoms with Gasteiger partial charge < -0.3 is 10.4 Å². The molecule has 0 saturated carbocycles. The molecule has 0 spiro atoms. The maximum absolute atomic E-state index is 12.2. The van der Waals surface area contributed by atoms with Gasteiger partial charge in [-0.2, -0.15) is 0 Å². The number of fused-ring (bicyclic) bond motifs is 1. The zero-order valence-electron chi connectivity index (χ0n) is 12.3. The Morgan fingerprint density at radius 1 is 1.36 bits per heavy atom. The van der Waals surface area contributed by atoms with E-state index in [0.29, 0.717) is 12.0 Å². The Morgan fingerprint density at radius 2 is 2.14 bits per heavy atom. The molecule has 1 aromatic carbocycles. The van der Waals surface area contributed by atoms with Gasteiger partial charge in [0.2, 0.25) is 0 Å². The summed E-state index contributed by atoms with van der Waals surface area (Å²) < 4.78 is 0. The van der Waals surface area contributed by atoms with Crippen molar-refractivity contribution in [3.05, 3.63) is 58.7 Å². The van der Waals surface area contributed by atoms with Crippen LogP contribution in [0.1, 0.15) is 31.7 Å². The van der Waals surface area contributed by atoms with Crippen LogP contribution in [-0.2, 0) is 9.59 Å². The molecule has 22 heavy (non-hydrogen) atoms. The SMILES string of the molecule is CC1=CCC(C=C2C(=O)Nc3ccccc32)=C1CCC(=O)O. The van der Waals surface area contributed by atoms with Crippen molar-refractivity contribution < 1.29 is 14.7 Å². The predicted octanol–water partition coefficient (Wildman–Crippen LogP) is 3.53. The van der Waals surface area contributed by atoms with E-state index >= 15 is 0 Å². The number of allylic oxidation sites excluding steroid dienone is 5. The number of carboxylic acids is 1. The number of amides is 1. The number of carbonyl (C=O) groups excluding carboxylic acids is 1. The van der Waals surface area contributed by atoms with Crippen molar-refractivity contribution >= 4 is 23.1 Å². The number of nitrogens with one attached hydrogen (secondary N) is 1. The quantitative estimate of drug-likeness (QED) is 0.835. The van der Waals surface area contributed by atoms with E-state index in [9.17, 15) is 9.59 Å². The molecule has 0 unspecified atom stereocenters. The molecule has 0 atom stereocenters. The van der Waals surface area contributed by atoms with Crippen molar-refractivity contribution in [3.63, 3.8) is 0 Å². The molecule has 1 aliphatic heterocycles. The highest BCUT2D eigenvalue weighted by Gasteiger charge is 2.24. The summed E-state index contributed by atoms with van der Waals surface area (Å²) in [6, 6.07) is 7.60. The van der Waals surface area contributed by atoms with E-state index in [2.05, 4.69) is 11.4 Å². The summed E-state index contributed by atoms with van der Waals surface area (Å²) in [5.41, 5.74) is 5.59. The minimum absolute atomic E-state index is 0.101. The van der Waals surface area contributed by atoms with E-state index in [0.717, 1.165) is 34.4 Å². The smallest absolute Gasteiger partial charge is 0.303 e. The first-order valence-electron chi connectivity index (χ1n) is 7.29. The summed E-state index contributed by atoms with van der Waals surface area (Å²) in [7, 11) is 0. The molecule has 2 aliphatic rings. The zero-order valence-corrected chi connectivity index (χ0v) is 12.3. The van der Waals surface area contributed by atoms with Gasteiger partial charge in [-0.05, 0) is 43.1 Å². The molecule has 0 radical (unpaired) electrons. The van der Waals surface area contributed by atoms with Crippen LogP contribution in [0.2, 0.25) is 0 Å². The highest BCUT2D eigenvalue weighted by molar-refractivity contribution is 6.31. The van der Waals surface area contributed by atoms with Crippen LogP contribution in [0.3, 0.4) is 0 Å². The van der Waals surface area contributed by atoms with Crippen LogP contribution in [0.15, 0.2) is 53.1 Å². The minimum atomic E-state index is -0.803. The number of carboxylic acid groups (broad SMARTS) is 1. The molecule has 1 aromatic rings. The van der Waals surface area contributed by atoms with E-state index in [1.54, 1.807) is 0 Å². The first-order valence-corrected chi connectivity index (χ1v) is 7.29. The molecular formula is C18H17NO3. The van der Waals surface area contributed by atoms with Crippen LogP contribution >= 0.6 is 0 Å². The average Bonchev–Trinajstić information content (AvgIpc) is 2.98. The Balaban J connectivity index is 1.97. The highest BCUT2D eigenvalue weighted by Crippen LogP contribution is 2.36. The molecule has 1 heterocycles. The van der Waals surface area contributed by atoms with Gasteiger partial charge in [-0.15, -0.1) is 0 Å². The molecule has 0 saturated heterocycles. The first kappa shape index (κ1) is 14.3. The Hall–Kier alpha value is -2.62. The summed E-state index contributed by atoms with van der Waals surface area (Å²) in [4.78, 5) is 23.0. The molecular weight excluding hydrogens is 278 g/mol. The number of para-hydroxylation sites is 1. The fourth-order valence-corrected chi connectivity index (χ4v) is 2.95. The maximum atomic E-state index is 12.2. The highest BCUT2D eigenvalue weighted by atomic mass is 16.4. The Bertz CT molecular complexity index is 753. The molecule has 4 heteroatoms. The fourth-order valence-electron chi connectivity index (χ4n) is 2.95. The lowest BCUT2D eigenvalue weighted by atomic mass is 9.98. The van der Waals surface area contributed by atoms with Crippen molar-refractivity contribution in [1.82, 2.24) is 0 Å². The molecule has 3 rings (SSSR count). The molecule has 0 fully saturated rings. The Morgan fingerprint density at radius 3 is 2.91 bits per heavy atom. The van der Waals surface area contributed by atoms with Gasteiger partial charge in [-0.3, -0.25) is 9.59 Å². The molecule has 0 aromatic heterocycles. The molecule has 2 N–H and O–H groups in total. The van der Waals surface area contributed by atoms with E-state index < -0.39 is 5.97 Å². The number of aliphatic carboxylic acids is 1. The second kappa shape index (κ2) is 5.64. The van der Waals surface area contributed by atoms with Crippen LogP contribution < -0.4 is 5.32 Å².